The molecule has 1 N–H and O–H groups in total. The second-order valence-corrected chi connectivity index (χ2v) is 8.74. The molecule has 33 heavy (non-hydrogen) atoms. The highest BCUT2D eigenvalue weighted by molar-refractivity contribution is 6.10. The number of rotatable bonds is 5. The zero-order valence-corrected chi connectivity index (χ0v) is 18.8. The summed E-state index contributed by atoms with van der Waals surface area (Å²) in [7, 11) is 3.16. The van der Waals surface area contributed by atoms with Crippen LogP contribution in [0, 0.1) is 0 Å². The van der Waals surface area contributed by atoms with Crippen molar-refractivity contribution in [1.82, 2.24) is 15.1 Å². The van der Waals surface area contributed by atoms with Crippen LogP contribution in [0.5, 0.6) is 11.5 Å². The molecule has 8 nitrogen and oxygen atoms in total. The van der Waals surface area contributed by atoms with Gasteiger partial charge in [0.05, 0.1) is 20.3 Å². The molecule has 0 aromatic heterocycles. The molecule has 0 saturated carbocycles. The summed E-state index contributed by atoms with van der Waals surface area (Å²) in [4.78, 5) is 42.3. The van der Waals surface area contributed by atoms with Crippen LogP contribution in [-0.2, 0) is 21.5 Å². The molecule has 2 aliphatic heterocycles. The molecule has 172 valence electrons. The van der Waals surface area contributed by atoms with Gasteiger partial charge in [-0.05, 0) is 54.5 Å². The number of hydrogen-bond donors (Lipinski definition) is 1. The molecular formula is C25H27N3O5. The minimum Gasteiger partial charge on any atom is -0.493 e. The van der Waals surface area contributed by atoms with Crippen LogP contribution in [0.2, 0.25) is 0 Å². The van der Waals surface area contributed by atoms with Gasteiger partial charge in [0.1, 0.15) is 12.1 Å². The first-order valence-electron chi connectivity index (χ1n) is 11.2. The highest BCUT2D eigenvalue weighted by Crippen LogP contribution is 2.42. The lowest BCUT2D eigenvalue weighted by molar-refractivity contribution is -0.139. The topological polar surface area (TPSA) is 88.2 Å². The quantitative estimate of drug-likeness (QED) is 0.710. The number of nitrogens with one attached hydrogen (secondary N) is 1. The second-order valence-electron chi connectivity index (χ2n) is 8.74. The van der Waals surface area contributed by atoms with E-state index in [2.05, 4.69) is 5.32 Å². The first-order valence-corrected chi connectivity index (χ1v) is 11.2. The average Bonchev–Trinajstić information content (AvgIpc) is 3.53. The van der Waals surface area contributed by atoms with Crippen LogP contribution in [-0.4, -0.2) is 55.0 Å². The Morgan fingerprint density at radius 1 is 1.12 bits per heavy atom. The van der Waals surface area contributed by atoms with Crippen LogP contribution in [0.25, 0.3) is 0 Å². The molecule has 2 aromatic rings. The van der Waals surface area contributed by atoms with Gasteiger partial charge in [-0.25, -0.2) is 4.79 Å². The number of carbonyl (C=O) groups is 3. The van der Waals surface area contributed by atoms with Crippen molar-refractivity contribution in [2.24, 2.45) is 0 Å². The molecule has 2 fully saturated rings. The van der Waals surface area contributed by atoms with Crippen molar-refractivity contribution in [2.45, 2.75) is 37.3 Å². The number of urea groups is 1. The number of ether oxygens (including phenoxy) is 2. The number of nitrogens with zero attached hydrogens (tertiary/aromatic N) is 2. The van der Waals surface area contributed by atoms with E-state index in [0.717, 1.165) is 40.9 Å². The lowest BCUT2D eigenvalue weighted by Gasteiger charge is -2.27. The Kier molecular flexibility index (Phi) is 5.23. The van der Waals surface area contributed by atoms with E-state index in [-0.39, 0.29) is 24.4 Å². The first-order chi connectivity index (χ1) is 16.0. The summed E-state index contributed by atoms with van der Waals surface area (Å²) >= 11 is 0. The van der Waals surface area contributed by atoms with Crippen molar-refractivity contribution in [2.75, 3.05) is 27.3 Å². The lowest BCUT2D eigenvalue weighted by atomic mass is 9.92. The molecule has 0 radical (unpaired) electrons. The zero-order valence-electron chi connectivity index (χ0n) is 18.8. The third-order valence-electron chi connectivity index (χ3n) is 7.08. The molecule has 2 aromatic carbocycles. The summed E-state index contributed by atoms with van der Waals surface area (Å²) < 4.78 is 10.7. The number of fused-ring (bicyclic) bond motifs is 2. The molecule has 5 rings (SSSR count). The number of methoxy groups -OCH3 is 2. The molecule has 2 atom stereocenters. The van der Waals surface area contributed by atoms with Crippen LogP contribution in [0.4, 0.5) is 4.79 Å². The van der Waals surface area contributed by atoms with E-state index in [1.165, 1.54) is 0 Å². The Morgan fingerprint density at radius 2 is 1.91 bits per heavy atom. The number of aryl methyl sites for hydroxylation is 1. The minimum atomic E-state index is -1.05. The molecule has 1 spiro atoms. The molecule has 2 heterocycles. The van der Waals surface area contributed by atoms with Gasteiger partial charge in [0.2, 0.25) is 5.91 Å². The maximum absolute atomic E-state index is 13.4. The third-order valence-corrected chi connectivity index (χ3v) is 7.08. The van der Waals surface area contributed by atoms with Crippen LogP contribution in [0.15, 0.2) is 42.5 Å². The monoisotopic (exact) mass is 449 g/mol. The highest BCUT2D eigenvalue weighted by atomic mass is 16.5. The van der Waals surface area contributed by atoms with E-state index in [4.69, 9.17) is 9.47 Å². The molecule has 2 saturated heterocycles. The minimum absolute atomic E-state index is 0.140. The van der Waals surface area contributed by atoms with Crippen LogP contribution in [0.3, 0.4) is 0 Å². The van der Waals surface area contributed by atoms with Gasteiger partial charge in [-0.2, -0.15) is 0 Å². The van der Waals surface area contributed by atoms with E-state index in [9.17, 15) is 14.4 Å². The lowest BCUT2D eigenvalue weighted by Crippen LogP contribution is -2.44. The van der Waals surface area contributed by atoms with Gasteiger partial charge in [0.25, 0.3) is 5.91 Å². The van der Waals surface area contributed by atoms with E-state index < -0.39 is 11.6 Å². The number of amides is 4. The van der Waals surface area contributed by atoms with Gasteiger partial charge in [-0.1, -0.05) is 30.3 Å². The number of hydrogen-bond acceptors (Lipinski definition) is 5. The van der Waals surface area contributed by atoms with Gasteiger partial charge < -0.3 is 19.7 Å². The van der Waals surface area contributed by atoms with Crippen molar-refractivity contribution < 1.29 is 23.9 Å². The fourth-order valence-corrected chi connectivity index (χ4v) is 5.43. The van der Waals surface area contributed by atoms with Gasteiger partial charge >= 0.3 is 6.03 Å². The summed E-state index contributed by atoms with van der Waals surface area (Å²) in [6, 6.07) is 12.7. The summed E-state index contributed by atoms with van der Waals surface area (Å²) in [6.45, 7) is 0.313. The van der Waals surface area contributed by atoms with Gasteiger partial charge in [-0.3, -0.25) is 14.5 Å². The van der Waals surface area contributed by atoms with Crippen molar-refractivity contribution in [3.05, 3.63) is 59.2 Å². The smallest absolute Gasteiger partial charge is 0.325 e. The van der Waals surface area contributed by atoms with E-state index in [1.807, 2.05) is 42.5 Å². The summed E-state index contributed by atoms with van der Waals surface area (Å²) in [6.07, 6.45) is 2.89. The summed E-state index contributed by atoms with van der Waals surface area (Å²) in [5, 5.41) is 2.89. The van der Waals surface area contributed by atoms with Gasteiger partial charge in [0, 0.05) is 6.54 Å². The zero-order chi connectivity index (χ0) is 23.2. The fourth-order valence-electron chi connectivity index (χ4n) is 5.43. The Bertz CT molecular complexity index is 1130. The molecule has 1 aliphatic carbocycles. The largest absolute Gasteiger partial charge is 0.493 e. The van der Waals surface area contributed by atoms with E-state index in [0.29, 0.717) is 24.5 Å². The maximum Gasteiger partial charge on any atom is 0.325 e. The SMILES string of the molecule is COc1ccc(C2CCCN2C(=O)CN2C(=O)NC3(CCc4ccccc43)C2=O)cc1OC. The van der Waals surface area contributed by atoms with Crippen molar-refractivity contribution >= 4 is 17.8 Å². The number of imide groups is 1. The summed E-state index contributed by atoms with van der Waals surface area (Å²) in [5.74, 6) is 0.649. The van der Waals surface area contributed by atoms with Crippen molar-refractivity contribution in [3.8, 4) is 11.5 Å². The summed E-state index contributed by atoms with van der Waals surface area (Å²) in [5.41, 5.74) is 1.79. The van der Waals surface area contributed by atoms with E-state index in [1.54, 1.807) is 19.1 Å². The Morgan fingerprint density at radius 3 is 2.70 bits per heavy atom. The van der Waals surface area contributed by atoms with Crippen LogP contribution in [0.1, 0.15) is 42.0 Å². The number of likely N-dealkylation sites (tertiary alicyclic amines) is 1. The molecular weight excluding hydrogens is 422 g/mol. The predicted octanol–water partition coefficient (Wildman–Crippen LogP) is 2.76. The van der Waals surface area contributed by atoms with Crippen LogP contribution >= 0.6 is 0 Å². The Labute approximate surface area is 192 Å². The fraction of sp³-hybridized carbons (Fsp3) is 0.400. The first kappa shape index (κ1) is 21.3. The molecule has 2 unspecified atom stereocenters. The average molecular weight is 450 g/mol. The third kappa shape index (κ3) is 3.32. The van der Waals surface area contributed by atoms with Crippen LogP contribution < -0.4 is 14.8 Å². The van der Waals surface area contributed by atoms with Gasteiger partial charge in [-0.15, -0.1) is 0 Å². The van der Waals surface area contributed by atoms with Gasteiger partial charge in [0.15, 0.2) is 11.5 Å². The molecule has 3 aliphatic rings. The highest BCUT2D eigenvalue weighted by Gasteiger charge is 2.55. The van der Waals surface area contributed by atoms with Crippen molar-refractivity contribution in [1.29, 1.82) is 0 Å². The normalized spacial score (nSPS) is 23.8. The molecule has 0 bridgehead atoms. The maximum atomic E-state index is 13.4. The second kappa shape index (κ2) is 8.10. The molecule has 4 amide bonds. The predicted molar refractivity (Wildman–Crippen MR) is 120 cm³/mol. The van der Waals surface area contributed by atoms with E-state index >= 15 is 0 Å². The number of carbonyl (C=O) groups excluding carboxylic acids is 3. The molecule has 8 heteroatoms. The Hall–Kier alpha value is -3.55. The Balaban J connectivity index is 1.35. The van der Waals surface area contributed by atoms with Crippen molar-refractivity contribution in [3.63, 3.8) is 0 Å². The number of benzene rings is 2. The standard InChI is InChI=1S/C25H27N3O5/c1-32-20-10-9-17(14-21(20)33-2)19-8-5-13-27(19)22(29)15-28-23(30)25(26-24(28)31)12-11-16-6-3-4-7-18(16)25/h3-4,6-7,9-10,14,19H,5,8,11-13,15H2,1-2H3,(H,26,31).